The Kier molecular flexibility index (Phi) is 2.86. The molecule has 104 valence electrons. The Hall–Kier alpha value is -2.39. The standard InChI is InChI=1S/C18H16N2O/c19-17(15-6-1-4-12-9-11-21-18(12)15)14-5-2-8-16-13(14)7-3-10-20-16/h1-8,10,17H,9,11,19H2. The molecule has 1 aliphatic heterocycles. The number of nitrogens with two attached hydrogens (primary N) is 1. The summed E-state index contributed by atoms with van der Waals surface area (Å²) in [7, 11) is 0. The summed E-state index contributed by atoms with van der Waals surface area (Å²) >= 11 is 0. The maximum Gasteiger partial charge on any atom is 0.127 e. The minimum atomic E-state index is -0.203. The Morgan fingerprint density at radius 2 is 1.86 bits per heavy atom. The SMILES string of the molecule is NC(c1cccc2c1OCC2)c1cccc2ncccc12. The Balaban J connectivity index is 1.88. The first kappa shape index (κ1) is 12.4. The predicted molar refractivity (Wildman–Crippen MR) is 83.4 cm³/mol. The van der Waals surface area contributed by atoms with Crippen LogP contribution in [-0.2, 0) is 6.42 Å². The zero-order valence-corrected chi connectivity index (χ0v) is 11.6. The molecule has 1 unspecified atom stereocenters. The van der Waals surface area contributed by atoms with Crippen LogP contribution >= 0.6 is 0 Å². The molecule has 0 radical (unpaired) electrons. The molecular weight excluding hydrogens is 260 g/mol. The lowest BCUT2D eigenvalue weighted by Crippen LogP contribution is -2.13. The number of aromatic nitrogens is 1. The molecule has 3 nitrogen and oxygen atoms in total. The van der Waals surface area contributed by atoms with Gasteiger partial charge in [0.25, 0.3) is 0 Å². The third-order valence-electron chi connectivity index (χ3n) is 4.09. The van der Waals surface area contributed by atoms with Crippen molar-refractivity contribution in [2.75, 3.05) is 6.61 Å². The maximum atomic E-state index is 6.55. The average Bonchev–Trinajstić information content (AvgIpc) is 3.02. The Morgan fingerprint density at radius 3 is 2.81 bits per heavy atom. The first-order chi connectivity index (χ1) is 10.3. The average molecular weight is 276 g/mol. The molecule has 0 spiro atoms. The third-order valence-corrected chi connectivity index (χ3v) is 4.09. The molecule has 21 heavy (non-hydrogen) atoms. The monoisotopic (exact) mass is 276 g/mol. The molecule has 0 bridgehead atoms. The Bertz CT molecular complexity index is 808. The van der Waals surface area contributed by atoms with Gasteiger partial charge in [0.1, 0.15) is 5.75 Å². The van der Waals surface area contributed by atoms with Crippen LogP contribution in [0.4, 0.5) is 0 Å². The van der Waals surface area contributed by atoms with Crippen molar-refractivity contribution in [3.8, 4) is 5.75 Å². The van der Waals surface area contributed by atoms with Gasteiger partial charge < -0.3 is 10.5 Å². The predicted octanol–water partition coefficient (Wildman–Crippen LogP) is 3.22. The number of para-hydroxylation sites is 1. The second-order valence-electron chi connectivity index (χ2n) is 5.33. The van der Waals surface area contributed by atoms with E-state index in [1.165, 1.54) is 5.56 Å². The van der Waals surface area contributed by atoms with Crippen molar-refractivity contribution < 1.29 is 4.74 Å². The van der Waals surface area contributed by atoms with Gasteiger partial charge in [-0.2, -0.15) is 0 Å². The normalized spacial score (nSPS) is 14.7. The summed E-state index contributed by atoms with van der Waals surface area (Å²) in [5.74, 6) is 0.964. The molecule has 1 atom stereocenters. The number of pyridine rings is 1. The molecule has 0 amide bonds. The van der Waals surface area contributed by atoms with Crippen LogP contribution in [0.15, 0.2) is 54.7 Å². The molecule has 0 aliphatic carbocycles. The molecule has 0 saturated heterocycles. The van der Waals surface area contributed by atoms with Gasteiger partial charge in [-0.1, -0.05) is 36.4 Å². The van der Waals surface area contributed by atoms with Gasteiger partial charge in [0.2, 0.25) is 0 Å². The number of hydrogen-bond acceptors (Lipinski definition) is 3. The van der Waals surface area contributed by atoms with Crippen LogP contribution in [-0.4, -0.2) is 11.6 Å². The lowest BCUT2D eigenvalue weighted by atomic mass is 9.94. The molecule has 0 saturated carbocycles. The van der Waals surface area contributed by atoms with Crippen LogP contribution in [0.3, 0.4) is 0 Å². The van der Waals surface area contributed by atoms with Gasteiger partial charge >= 0.3 is 0 Å². The summed E-state index contributed by atoms with van der Waals surface area (Å²) in [5.41, 5.74) is 10.9. The smallest absolute Gasteiger partial charge is 0.127 e. The number of rotatable bonds is 2. The highest BCUT2D eigenvalue weighted by molar-refractivity contribution is 5.83. The van der Waals surface area contributed by atoms with Gasteiger partial charge in [0.15, 0.2) is 0 Å². The van der Waals surface area contributed by atoms with E-state index in [0.29, 0.717) is 0 Å². The van der Waals surface area contributed by atoms with Crippen LogP contribution in [0.2, 0.25) is 0 Å². The second-order valence-corrected chi connectivity index (χ2v) is 5.33. The molecule has 3 aromatic rings. The van der Waals surface area contributed by atoms with Gasteiger partial charge in [-0.05, 0) is 23.3 Å². The highest BCUT2D eigenvalue weighted by atomic mass is 16.5. The number of ether oxygens (including phenoxy) is 1. The highest BCUT2D eigenvalue weighted by Crippen LogP contribution is 2.36. The van der Waals surface area contributed by atoms with E-state index in [4.69, 9.17) is 10.5 Å². The van der Waals surface area contributed by atoms with Crippen molar-refractivity contribution >= 4 is 10.9 Å². The number of hydrogen-bond donors (Lipinski definition) is 1. The van der Waals surface area contributed by atoms with E-state index in [1.807, 2.05) is 18.2 Å². The van der Waals surface area contributed by atoms with Crippen LogP contribution < -0.4 is 10.5 Å². The van der Waals surface area contributed by atoms with Crippen molar-refractivity contribution in [1.29, 1.82) is 0 Å². The van der Waals surface area contributed by atoms with E-state index >= 15 is 0 Å². The first-order valence-electron chi connectivity index (χ1n) is 7.18. The molecule has 1 aromatic heterocycles. The number of fused-ring (bicyclic) bond motifs is 2. The molecule has 3 heteroatoms. The maximum absolute atomic E-state index is 6.55. The van der Waals surface area contributed by atoms with Crippen molar-refractivity contribution in [2.45, 2.75) is 12.5 Å². The van der Waals surface area contributed by atoms with Gasteiger partial charge in [0, 0.05) is 23.6 Å². The minimum Gasteiger partial charge on any atom is -0.493 e. The van der Waals surface area contributed by atoms with Crippen LogP contribution in [0, 0.1) is 0 Å². The van der Waals surface area contributed by atoms with Gasteiger partial charge in [-0.15, -0.1) is 0 Å². The fourth-order valence-corrected chi connectivity index (χ4v) is 3.05. The van der Waals surface area contributed by atoms with Crippen molar-refractivity contribution in [3.05, 3.63) is 71.4 Å². The van der Waals surface area contributed by atoms with E-state index in [-0.39, 0.29) is 6.04 Å². The molecule has 4 rings (SSSR count). The Labute approximate surface area is 123 Å². The van der Waals surface area contributed by atoms with E-state index < -0.39 is 0 Å². The largest absolute Gasteiger partial charge is 0.493 e. The molecule has 1 aliphatic rings. The highest BCUT2D eigenvalue weighted by Gasteiger charge is 2.21. The number of benzene rings is 2. The summed E-state index contributed by atoms with van der Waals surface area (Å²) in [6.45, 7) is 0.746. The summed E-state index contributed by atoms with van der Waals surface area (Å²) in [5, 5.41) is 1.10. The quantitative estimate of drug-likeness (QED) is 0.781. The summed E-state index contributed by atoms with van der Waals surface area (Å²) in [4.78, 5) is 4.40. The minimum absolute atomic E-state index is 0.203. The second kappa shape index (κ2) is 4.86. The van der Waals surface area contributed by atoms with Crippen molar-refractivity contribution in [3.63, 3.8) is 0 Å². The Morgan fingerprint density at radius 1 is 1.00 bits per heavy atom. The zero-order chi connectivity index (χ0) is 14.2. The van der Waals surface area contributed by atoms with E-state index in [9.17, 15) is 0 Å². The number of nitrogens with zero attached hydrogens (tertiary/aromatic N) is 1. The zero-order valence-electron chi connectivity index (χ0n) is 11.6. The summed E-state index contributed by atoms with van der Waals surface area (Å²) < 4.78 is 5.79. The van der Waals surface area contributed by atoms with Crippen LogP contribution in [0.25, 0.3) is 10.9 Å². The van der Waals surface area contributed by atoms with Crippen LogP contribution in [0.1, 0.15) is 22.7 Å². The van der Waals surface area contributed by atoms with Crippen LogP contribution in [0.5, 0.6) is 5.75 Å². The molecule has 2 N–H and O–H groups in total. The van der Waals surface area contributed by atoms with Gasteiger partial charge in [0.05, 0.1) is 18.2 Å². The molecule has 2 heterocycles. The van der Waals surface area contributed by atoms with E-state index in [1.54, 1.807) is 6.20 Å². The molecule has 0 fully saturated rings. The third kappa shape index (κ3) is 1.98. The summed E-state index contributed by atoms with van der Waals surface area (Å²) in [6.07, 6.45) is 2.77. The topological polar surface area (TPSA) is 48.1 Å². The van der Waals surface area contributed by atoms with E-state index in [0.717, 1.165) is 40.8 Å². The van der Waals surface area contributed by atoms with Gasteiger partial charge in [-0.3, -0.25) is 4.98 Å². The summed E-state index contributed by atoms with van der Waals surface area (Å²) in [6, 6.07) is 16.1. The molecular formula is C18H16N2O. The fraction of sp³-hybridized carbons (Fsp3) is 0.167. The first-order valence-corrected chi connectivity index (χ1v) is 7.18. The van der Waals surface area contributed by atoms with Gasteiger partial charge in [-0.25, -0.2) is 0 Å². The molecule has 2 aromatic carbocycles. The lowest BCUT2D eigenvalue weighted by molar-refractivity contribution is 0.352. The lowest BCUT2D eigenvalue weighted by Gasteiger charge is -2.17. The van der Waals surface area contributed by atoms with E-state index in [2.05, 4.69) is 35.3 Å². The van der Waals surface area contributed by atoms with Crippen molar-refractivity contribution in [1.82, 2.24) is 4.98 Å². The fourth-order valence-electron chi connectivity index (χ4n) is 3.05. The van der Waals surface area contributed by atoms with Crippen molar-refractivity contribution in [2.24, 2.45) is 5.73 Å².